The highest BCUT2D eigenvalue weighted by Gasteiger charge is 2.38. The van der Waals surface area contributed by atoms with Crippen LogP contribution in [0.5, 0.6) is 5.88 Å². The predicted molar refractivity (Wildman–Crippen MR) is 139 cm³/mol. The van der Waals surface area contributed by atoms with E-state index < -0.39 is 23.5 Å². The topological polar surface area (TPSA) is 25.4 Å². The molecule has 1 aromatic heterocycles. The third kappa shape index (κ3) is 8.62. The number of hydrogen-bond donors (Lipinski definition) is 0. The predicted octanol–water partition coefficient (Wildman–Crippen LogP) is 8.18. The summed E-state index contributed by atoms with van der Waals surface area (Å²) >= 11 is 0. The van der Waals surface area contributed by atoms with Gasteiger partial charge in [-0.05, 0) is 68.6 Å². The fourth-order valence-corrected chi connectivity index (χ4v) is 4.02. The van der Waals surface area contributed by atoms with Crippen molar-refractivity contribution in [2.45, 2.75) is 39.0 Å². The molecule has 0 aliphatic heterocycles. The molecular formula is C29H32F6N2O. The number of nitrogens with zero attached hydrogens (tertiary/aromatic N) is 2. The van der Waals surface area contributed by atoms with E-state index in [1.54, 1.807) is 18.1 Å². The van der Waals surface area contributed by atoms with Crippen molar-refractivity contribution in [1.82, 2.24) is 9.88 Å². The Hall–Kier alpha value is -3.33. The van der Waals surface area contributed by atoms with Gasteiger partial charge in [0.15, 0.2) is 0 Å². The standard InChI is InChI=1S/C27H28F6N2O.C2H4/c1-18-7-4-5-8-23(18)24-11-12-34-25(19(24)2)36-14-6-13-35(3)17-20-9-10-21(26(28,29)30)16-22(15-20)27(31,32)33;1-2/h4-5,7-8,10-12,15-16H,6,9,13-14,17H2,1-3H3;1-2H2. The number of aryl methyl sites for hydroxylation is 1. The van der Waals surface area contributed by atoms with Gasteiger partial charge in [-0.3, -0.25) is 0 Å². The Kier molecular flexibility index (Phi) is 10.9. The molecule has 3 nitrogen and oxygen atoms in total. The maximum atomic E-state index is 13.3. The number of aromatic nitrogens is 1. The molecule has 1 aliphatic rings. The fourth-order valence-electron chi connectivity index (χ4n) is 4.02. The molecule has 0 atom stereocenters. The smallest absolute Gasteiger partial charge is 0.416 e. The fraction of sp³-hybridized carbons (Fsp3) is 0.345. The van der Waals surface area contributed by atoms with Crippen LogP contribution in [0.25, 0.3) is 11.1 Å². The first-order valence-corrected chi connectivity index (χ1v) is 11.9. The normalized spacial score (nSPS) is 14.1. The summed E-state index contributed by atoms with van der Waals surface area (Å²) in [6, 6.07) is 9.93. The first kappa shape index (κ1) is 30.9. The summed E-state index contributed by atoms with van der Waals surface area (Å²) < 4.78 is 84.8. The molecule has 0 saturated heterocycles. The van der Waals surface area contributed by atoms with E-state index in [1.807, 2.05) is 44.2 Å². The Morgan fingerprint density at radius 2 is 1.58 bits per heavy atom. The third-order valence-corrected chi connectivity index (χ3v) is 5.90. The molecule has 206 valence electrons. The number of halogens is 6. The third-order valence-electron chi connectivity index (χ3n) is 5.90. The molecule has 1 aliphatic carbocycles. The molecule has 0 bridgehead atoms. The highest BCUT2D eigenvalue weighted by atomic mass is 19.4. The molecule has 0 fully saturated rings. The van der Waals surface area contributed by atoms with Gasteiger partial charge < -0.3 is 9.64 Å². The molecule has 38 heavy (non-hydrogen) atoms. The molecule has 1 heterocycles. The Morgan fingerprint density at radius 1 is 0.921 bits per heavy atom. The van der Waals surface area contributed by atoms with Gasteiger partial charge in [-0.2, -0.15) is 26.3 Å². The summed E-state index contributed by atoms with van der Waals surface area (Å²) in [5.41, 5.74) is 1.82. The van der Waals surface area contributed by atoms with Crippen molar-refractivity contribution < 1.29 is 31.1 Å². The summed E-state index contributed by atoms with van der Waals surface area (Å²) in [7, 11) is 1.71. The van der Waals surface area contributed by atoms with Crippen LogP contribution in [-0.2, 0) is 0 Å². The maximum absolute atomic E-state index is 13.3. The van der Waals surface area contributed by atoms with Crippen LogP contribution < -0.4 is 4.74 Å². The molecule has 2 aromatic rings. The minimum atomic E-state index is -4.87. The Bertz CT molecular complexity index is 1180. The van der Waals surface area contributed by atoms with Crippen molar-refractivity contribution in [3.63, 3.8) is 0 Å². The largest absolute Gasteiger partial charge is 0.477 e. The molecule has 0 unspecified atom stereocenters. The van der Waals surface area contributed by atoms with Crippen molar-refractivity contribution in [1.29, 1.82) is 0 Å². The molecule has 0 spiro atoms. The quantitative estimate of drug-likeness (QED) is 0.193. The van der Waals surface area contributed by atoms with E-state index in [0.29, 0.717) is 25.5 Å². The van der Waals surface area contributed by atoms with Crippen LogP contribution in [0.15, 0.2) is 84.6 Å². The Morgan fingerprint density at radius 3 is 2.21 bits per heavy atom. The summed E-state index contributed by atoms with van der Waals surface area (Å²) in [5.74, 6) is 0.509. The number of pyridine rings is 1. The van der Waals surface area contributed by atoms with Gasteiger partial charge >= 0.3 is 12.4 Å². The molecule has 9 heteroatoms. The average Bonchev–Trinajstić information content (AvgIpc) is 3.08. The van der Waals surface area contributed by atoms with Gasteiger partial charge in [0.2, 0.25) is 5.88 Å². The number of alkyl halides is 6. The van der Waals surface area contributed by atoms with E-state index in [0.717, 1.165) is 34.4 Å². The lowest BCUT2D eigenvalue weighted by atomic mass is 9.98. The number of likely N-dealkylation sites (N-methyl/N-ethyl adjacent to an activating group) is 1. The summed E-state index contributed by atoms with van der Waals surface area (Å²) in [6.07, 6.45) is -5.89. The molecule has 0 N–H and O–H groups in total. The SMILES string of the molecule is C=C.Cc1ccccc1-c1ccnc(OCCCN(C)CC2=CC(C(F)(F)F)=CC(C(F)(F)F)=CC2)c1C. The van der Waals surface area contributed by atoms with E-state index in [-0.39, 0.29) is 24.6 Å². The second-order valence-corrected chi connectivity index (χ2v) is 8.80. The highest BCUT2D eigenvalue weighted by molar-refractivity contribution is 5.71. The lowest BCUT2D eigenvalue weighted by molar-refractivity contribution is -0.0933. The van der Waals surface area contributed by atoms with Crippen LogP contribution in [0, 0.1) is 13.8 Å². The summed E-state index contributed by atoms with van der Waals surface area (Å²) in [4.78, 5) is 6.08. The Balaban J connectivity index is 0.00000247. The monoisotopic (exact) mass is 538 g/mol. The van der Waals surface area contributed by atoms with Crippen molar-refractivity contribution in [2.24, 2.45) is 0 Å². The number of hydrogen-bond acceptors (Lipinski definition) is 3. The molecular weight excluding hydrogens is 506 g/mol. The van der Waals surface area contributed by atoms with Crippen LogP contribution >= 0.6 is 0 Å². The van der Waals surface area contributed by atoms with E-state index >= 15 is 0 Å². The number of allylic oxidation sites excluding steroid dienone is 5. The van der Waals surface area contributed by atoms with E-state index in [9.17, 15) is 26.3 Å². The zero-order chi connectivity index (χ0) is 28.5. The van der Waals surface area contributed by atoms with Gasteiger partial charge in [0, 0.05) is 24.8 Å². The van der Waals surface area contributed by atoms with Gasteiger partial charge in [0.05, 0.1) is 17.8 Å². The lowest BCUT2D eigenvalue weighted by Crippen LogP contribution is -2.24. The van der Waals surface area contributed by atoms with E-state index in [2.05, 4.69) is 18.1 Å². The second kappa shape index (κ2) is 13.5. The molecule has 1 aromatic carbocycles. The van der Waals surface area contributed by atoms with Crippen molar-refractivity contribution in [3.05, 3.63) is 95.8 Å². The number of benzene rings is 1. The zero-order valence-corrected chi connectivity index (χ0v) is 21.7. The highest BCUT2D eigenvalue weighted by Crippen LogP contribution is 2.36. The van der Waals surface area contributed by atoms with Gasteiger partial charge in [-0.25, -0.2) is 4.98 Å². The average molecular weight is 539 g/mol. The Labute approximate surface area is 219 Å². The van der Waals surface area contributed by atoms with Gasteiger partial charge in [-0.15, -0.1) is 13.2 Å². The summed E-state index contributed by atoms with van der Waals surface area (Å²) in [5, 5.41) is 0. The maximum Gasteiger partial charge on any atom is 0.416 e. The van der Waals surface area contributed by atoms with Gasteiger partial charge in [0.1, 0.15) is 0 Å². The summed E-state index contributed by atoms with van der Waals surface area (Å²) in [6.45, 7) is 10.9. The van der Waals surface area contributed by atoms with Gasteiger partial charge in [-0.1, -0.05) is 35.9 Å². The van der Waals surface area contributed by atoms with Crippen molar-refractivity contribution >= 4 is 0 Å². The van der Waals surface area contributed by atoms with E-state index in [4.69, 9.17) is 4.74 Å². The van der Waals surface area contributed by atoms with Crippen molar-refractivity contribution in [2.75, 3.05) is 26.7 Å². The zero-order valence-electron chi connectivity index (χ0n) is 21.7. The van der Waals surface area contributed by atoms with Crippen LogP contribution in [0.1, 0.15) is 24.0 Å². The molecule has 0 amide bonds. The van der Waals surface area contributed by atoms with Crippen LogP contribution in [0.3, 0.4) is 0 Å². The number of rotatable bonds is 8. The molecule has 3 rings (SSSR count). The first-order valence-electron chi connectivity index (χ1n) is 11.9. The minimum absolute atomic E-state index is 0.106. The lowest BCUT2D eigenvalue weighted by Gasteiger charge is -2.19. The molecule has 0 radical (unpaired) electrons. The van der Waals surface area contributed by atoms with Crippen LogP contribution in [-0.4, -0.2) is 49.0 Å². The van der Waals surface area contributed by atoms with Crippen LogP contribution in [0.2, 0.25) is 0 Å². The van der Waals surface area contributed by atoms with Crippen molar-refractivity contribution in [3.8, 4) is 17.0 Å². The van der Waals surface area contributed by atoms with Gasteiger partial charge in [0.25, 0.3) is 0 Å². The first-order chi connectivity index (χ1) is 17.9. The molecule has 0 saturated carbocycles. The van der Waals surface area contributed by atoms with Crippen LogP contribution in [0.4, 0.5) is 26.3 Å². The second-order valence-electron chi connectivity index (χ2n) is 8.80. The number of ether oxygens (including phenoxy) is 1. The minimum Gasteiger partial charge on any atom is -0.477 e. The van der Waals surface area contributed by atoms with E-state index in [1.165, 1.54) is 0 Å².